The van der Waals surface area contributed by atoms with Gasteiger partial charge in [0.15, 0.2) is 0 Å². The molecule has 1 fully saturated rings. The number of Topliss-reactive ketones (excluding diaryl/α,β-unsaturated/α-hetero) is 1. The molecule has 0 aliphatic carbocycles. The van der Waals surface area contributed by atoms with Gasteiger partial charge in [-0.2, -0.15) is 0 Å². The minimum Gasteiger partial charge on any atom is -0.507 e. The molecule has 1 amide bonds. The van der Waals surface area contributed by atoms with Crippen LogP contribution in [0, 0.1) is 0 Å². The van der Waals surface area contributed by atoms with E-state index in [-0.39, 0.29) is 11.3 Å². The number of methoxy groups -OCH3 is 2. The lowest BCUT2D eigenvalue weighted by molar-refractivity contribution is -0.140. The minimum absolute atomic E-state index is 0.0247. The number of hydrogen-bond acceptors (Lipinski definition) is 6. The second-order valence-electron chi connectivity index (χ2n) is 7.20. The Morgan fingerprint density at radius 2 is 1.84 bits per heavy atom. The number of ether oxygens (including phenoxy) is 3. The Kier molecular flexibility index (Phi) is 7.68. The molecule has 0 saturated carbocycles. The summed E-state index contributed by atoms with van der Waals surface area (Å²) in [6.45, 7) is 4.70. The van der Waals surface area contributed by atoms with Gasteiger partial charge in [0, 0.05) is 31.4 Å². The molecule has 1 N–H and O–H groups in total. The third kappa shape index (κ3) is 4.68. The van der Waals surface area contributed by atoms with E-state index in [1.54, 1.807) is 61.7 Å². The van der Waals surface area contributed by atoms with Crippen LogP contribution in [0.3, 0.4) is 0 Å². The average molecular weight is 437 g/mol. The highest BCUT2D eigenvalue weighted by atomic mass is 16.5. The first kappa shape index (κ1) is 23.1. The zero-order chi connectivity index (χ0) is 23.1. The van der Waals surface area contributed by atoms with Gasteiger partial charge in [0.05, 0.1) is 18.7 Å². The van der Waals surface area contributed by atoms with Crippen molar-refractivity contribution in [3.05, 3.63) is 77.9 Å². The second kappa shape index (κ2) is 10.6. The zero-order valence-corrected chi connectivity index (χ0v) is 18.2. The number of carbonyl (C=O) groups is 2. The van der Waals surface area contributed by atoms with Crippen molar-refractivity contribution in [1.82, 2.24) is 4.90 Å². The molecule has 1 aliphatic heterocycles. The van der Waals surface area contributed by atoms with Gasteiger partial charge < -0.3 is 24.2 Å². The van der Waals surface area contributed by atoms with Crippen LogP contribution in [0.2, 0.25) is 0 Å². The Labute approximate surface area is 187 Å². The number of rotatable bonds is 10. The van der Waals surface area contributed by atoms with Gasteiger partial charge >= 0.3 is 0 Å². The molecule has 7 nitrogen and oxygen atoms in total. The molecule has 2 aromatic carbocycles. The van der Waals surface area contributed by atoms with Crippen LogP contribution in [0.1, 0.15) is 23.6 Å². The monoisotopic (exact) mass is 437 g/mol. The van der Waals surface area contributed by atoms with E-state index in [9.17, 15) is 14.7 Å². The number of aliphatic hydroxyl groups excluding tert-OH is 1. The van der Waals surface area contributed by atoms with E-state index in [1.165, 1.54) is 12.0 Å². The Hall–Kier alpha value is -3.58. The first-order chi connectivity index (χ1) is 15.5. The third-order valence-corrected chi connectivity index (χ3v) is 5.22. The van der Waals surface area contributed by atoms with Crippen molar-refractivity contribution in [3.8, 4) is 11.5 Å². The number of aliphatic hydroxyl groups is 1. The van der Waals surface area contributed by atoms with Crippen LogP contribution < -0.4 is 9.47 Å². The van der Waals surface area contributed by atoms with Crippen LogP contribution in [-0.2, 0) is 14.3 Å². The number of carbonyl (C=O) groups excluding carboxylic acids is 2. The number of nitrogens with zero attached hydrogens (tertiary/aromatic N) is 1. The Morgan fingerprint density at radius 3 is 2.50 bits per heavy atom. The summed E-state index contributed by atoms with van der Waals surface area (Å²) in [6, 6.07) is 13.0. The van der Waals surface area contributed by atoms with E-state index >= 15 is 0 Å². The topological polar surface area (TPSA) is 85.3 Å². The maximum absolute atomic E-state index is 13.0. The lowest BCUT2D eigenvalue weighted by Gasteiger charge is -2.26. The molecule has 0 bridgehead atoms. The first-order valence-corrected chi connectivity index (χ1v) is 10.3. The van der Waals surface area contributed by atoms with Crippen LogP contribution in [0.25, 0.3) is 5.76 Å². The molecule has 1 aliphatic rings. The molecule has 1 saturated heterocycles. The van der Waals surface area contributed by atoms with Crippen molar-refractivity contribution in [1.29, 1.82) is 0 Å². The second-order valence-corrected chi connectivity index (χ2v) is 7.20. The summed E-state index contributed by atoms with van der Waals surface area (Å²) < 4.78 is 16.1. The predicted octanol–water partition coefficient (Wildman–Crippen LogP) is 3.72. The van der Waals surface area contributed by atoms with Crippen LogP contribution in [0.5, 0.6) is 11.5 Å². The van der Waals surface area contributed by atoms with Gasteiger partial charge in [0.2, 0.25) is 0 Å². The number of benzene rings is 2. The molecule has 0 radical (unpaired) electrons. The van der Waals surface area contributed by atoms with Gasteiger partial charge in [-0.3, -0.25) is 9.59 Å². The fourth-order valence-electron chi connectivity index (χ4n) is 3.73. The van der Waals surface area contributed by atoms with Gasteiger partial charge in [-0.15, -0.1) is 0 Å². The largest absolute Gasteiger partial charge is 0.507 e. The molecule has 3 rings (SSSR count). The standard InChI is InChI=1S/C25H27NO6/c1-4-15-32-18-12-10-17(11-13-18)23(27)21-22(19-8-5-6-9-20(19)31-3)26(14-7-16-30-2)25(29)24(21)28/h4-6,8-13,22,27H,1,7,14-16H2,2-3H3/b23-21+. The Bertz CT molecular complexity index is 1010. The van der Waals surface area contributed by atoms with Gasteiger partial charge in [-0.05, 0) is 36.8 Å². The molecule has 1 unspecified atom stereocenters. The predicted molar refractivity (Wildman–Crippen MR) is 121 cm³/mol. The summed E-state index contributed by atoms with van der Waals surface area (Å²) in [5.74, 6) is -0.519. The maximum atomic E-state index is 13.0. The summed E-state index contributed by atoms with van der Waals surface area (Å²) in [6.07, 6.45) is 2.18. The van der Waals surface area contributed by atoms with E-state index in [4.69, 9.17) is 14.2 Å². The molecule has 0 spiro atoms. The summed E-state index contributed by atoms with van der Waals surface area (Å²) in [7, 11) is 3.10. The molecule has 1 heterocycles. The average Bonchev–Trinajstić information content (AvgIpc) is 3.07. The fraction of sp³-hybridized carbons (Fsp3) is 0.280. The van der Waals surface area contributed by atoms with Gasteiger partial charge in [-0.25, -0.2) is 0 Å². The van der Waals surface area contributed by atoms with E-state index in [1.807, 2.05) is 0 Å². The summed E-state index contributed by atoms with van der Waals surface area (Å²) in [4.78, 5) is 27.4. The van der Waals surface area contributed by atoms with Crippen LogP contribution in [0.15, 0.2) is 66.8 Å². The van der Waals surface area contributed by atoms with Crippen molar-refractivity contribution < 1.29 is 28.9 Å². The van der Waals surface area contributed by atoms with Gasteiger partial charge in [-0.1, -0.05) is 30.9 Å². The highest BCUT2D eigenvalue weighted by Crippen LogP contribution is 2.42. The zero-order valence-electron chi connectivity index (χ0n) is 18.2. The minimum atomic E-state index is -0.778. The SMILES string of the molecule is C=CCOc1ccc(/C(O)=C2\C(=O)C(=O)N(CCCOC)C2c2ccccc2OC)cc1. The van der Waals surface area contributed by atoms with Crippen LogP contribution >= 0.6 is 0 Å². The lowest BCUT2D eigenvalue weighted by atomic mass is 9.94. The fourth-order valence-corrected chi connectivity index (χ4v) is 3.73. The van der Waals surface area contributed by atoms with Crippen molar-refractivity contribution >= 4 is 17.4 Å². The van der Waals surface area contributed by atoms with Crippen molar-refractivity contribution in [2.45, 2.75) is 12.5 Å². The van der Waals surface area contributed by atoms with E-state index < -0.39 is 17.7 Å². The van der Waals surface area contributed by atoms with Crippen molar-refractivity contribution in [3.63, 3.8) is 0 Å². The molecular weight excluding hydrogens is 410 g/mol. The van der Waals surface area contributed by atoms with E-state index in [0.29, 0.717) is 48.8 Å². The lowest BCUT2D eigenvalue weighted by Crippen LogP contribution is -2.31. The van der Waals surface area contributed by atoms with Crippen LogP contribution in [-0.4, -0.2) is 55.7 Å². The van der Waals surface area contributed by atoms with Gasteiger partial charge in [0.1, 0.15) is 23.9 Å². The number of para-hydroxylation sites is 1. The molecule has 2 aromatic rings. The smallest absolute Gasteiger partial charge is 0.295 e. The number of hydrogen-bond donors (Lipinski definition) is 1. The third-order valence-electron chi connectivity index (χ3n) is 5.22. The molecular formula is C25H27NO6. The quantitative estimate of drug-likeness (QED) is 0.201. The highest BCUT2D eigenvalue weighted by Gasteiger charge is 2.46. The first-order valence-electron chi connectivity index (χ1n) is 10.3. The molecule has 1 atom stereocenters. The van der Waals surface area contributed by atoms with Crippen molar-refractivity contribution in [2.75, 3.05) is 34.0 Å². The number of ketones is 1. The van der Waals surface area contributed by atoms with E-state index in [0.717, 1.165) is 0 Å². The number of likely N-dealkylation sites (tertiary alicyclic amines) is 1. The highest BCUT2D eigenvalue weighted by molar-refractivity contribution is 6.46. The summed E-state index contributed by atoms with van der Waals surface area (Å²) in [5, 5.41) is 11.1. The molecule has 168 valence electrons. The molecule has 7 heteroatoms. The number of amides is 1. The molecule has 32 heavy (non-hydrogen) atoms. The Morgan fingerprint density at radius 1 is 1.12 bits per heavy atom. The maximum Gasteiger partial charge on any atom is 0.295 e. The Balaban J connectivity index is 2.08. The van der Waals surface area contributed by atoms with Crippen molar-refractivity contribution in [2.24, 2.45) is 0 Å². The van der Waals surface area contributed by atoms with Gasteiger partial charge in [0.25, 0.3) is 11.7 Å². The van der Waals surface area contributed by atoms with E-state index in [2.05, 4.69) is 6.58 Å². The normalized spacial score (nSPS) is 17.4. The van der Waals surface area contributed by atoms with Crippen LogP contribution in [0.4, 0.5) is 0 Å². The summed E-state index contributed by atoms with van der Waals surface area (Å²) in [5.41, 5.74) is 1.06. The molecule has 0 aromatic heterocycles. The summed E-state index contributed by atoms with van der Waals surface area (Å²) >= 11 is 0.